The third-order valence-electron chi connectivity index (χ3n) is 5.76. The fraction of sp³-hybridized carbons (Fsp3) is 0.391. The minimum Gasteiger partial charge on any atom is -0.454 e. The Bertz CT molecular complexity index is 965. The summed E-state index contributed by atoms with van der Waals surface area (Å²) in [6.45, 7) is 9.13. The molecular weight excluding hydrogens is 382 g/mol. The number of ether oxygens (including phenoxy) is 2. The second kappa shape index (κ2) is 8.26. The molecule has 1 N–H and O–H groups in total. The van der Waals surface area contributed by atoms with Gasteiger partial charge in [-0.25, -0.2) is 0 Å². The second-order valence-electron chi connectivity index (χ2n) is 7.64. The molecule has 0 aromatic heterocycles. The van der Waals surface area contributed by atoms with Crippen LogP contribution < -0.4 is 19.7 Å². The average Bonchev–Trinajstić information content (AvgIpc) is 3.17. The SMILES string of the molecule is CCN(CC)c1ccc(NC(=O)C2CN(C(=O)c3ccc4c(c3)OCO4)C2)c(C)c1. The number of nitrogens with one attached hydrogen (secondary N) is 1. The van der Waals surface area contributed by atoms with Crippen LogP contribution in [0.5, 0.6) is 11.5 Å². The maximum absolute atomic E-state index is 12.7. The molecule has 2 heterocycles. The maximum Gasteiger partial charge on any atom is 0.254 e. The van der Waals surface area contributed by atoms with Gasteiger partial charge in [-0.2, -0.15) is 0 Å². The smallest absolute Gasteiger partial charge is 0.254 e. The Labute approximate surface area is 176 Å². The summed E-state index contributed by atoms with van der Waals surface area (Å²) in [6, 6.07) is 11.2. The van der Waals surface area contributed by atoms with E-state index in [1.165, 1.54) is 0 Å². The van der Waals surface area contributed by atoms with Crippen molar-refractivity contribution in [3.8, 4) is 11.5 Å². The fourth-order valence-electron chi connectivity index (χ4n) is 3.83. The van der Waals surface area contributed by atoms with Crippen LogP contribution in [0.4, 0.5) is 11.4 Å². The first-order chi connectivity index (χ1) is 14.5. The van der Waals surface area contributed by atoms with E-state index in [9.17, 15) is 9.59 Å². The van der Waals surface area contributed by atoms with E-state index in [0.29, 0.717) is 30.2 Å². The van der Waals surface area contributed by atoms with E-state index >= 15 is 0 Å². The summed E-state index contributed by atoms with van der Waals surface area (Å²) >= 11 is 0. The number of anilines is 2. The summed E-state index contributed by atoms with van der Waals surface area (Å²) in [5.41, 5.74) is 3.54. The van der Waals surface area contributed by atoms with Gasteiger partial charge in [0.2, 0.25) is 12.7 Å². The number of aryl methyl sites for hydroxylation is 1. The van der Waals surface area contributed by atoms with Crippen molar-refractivity contribution in [2.45, 2.75) is 20.8 Å². The van der Waals surface area contributed by atoms with Gasteiger partial charge < -0.3 is 24.6 Å². The number of nitrogens with zero attached hydrogens (tertiary/aromatic N) is 2. The Balaban J connectivity index is 1.34. The number of carbonyl (C=O) groups is 2. The van der Waals surface area contributed by atoms with Crippen LogP contribution >= 0.6 is 0 Å². The first-order valence-electron chi connectivity index (χ1n) is 10.4. The Kier molecular flexibility index (Phi) is 5.53. The zero-order valence-electron chi connectivity index (χ0n) is 17.6. The normalized spacial score (nSPS) is 15.0. The van der Waals surface area contributed by atoms with E-state index in [2.05, 4.69) is 30.1 Å². The standard InChI is InChI=1S/C23H27N3O4/c1-4-25(5-2)18-7-8-19(15(3)10-18)24-22(27)17-12-26(13-17)23(28)16-6-9-20-21(11-16)30-14-29-20/h6-11,17H,4-5,12-14H2,1-3H3,(H,24,27). The van der Waals surface area contributed by atoms with Gasteiger partial charge in [0.1, 0.15) is 0 Å². The highest BCUT2D eigenvalue weighted by Gasteiger charge is 2.36. The molecule has 4 rings (SSSR count). The molecule has 0 bridgehead atoms. The summed E-state index contributed by atoms with van der Waals surface area (Å²) in [6.07, 6.45) is 0. The maximum atomic E-state index is 12.7. The molecule has 2 aromatic rings. The van der Waals surface area contributed by atoms with E-state index in [-0.39, 0.29) is 24.5 Å². The van der Waals surface area contributed by atoms with E-state index in [1.807, 2.05) is 19.1 Å². The average molecular weight is 409 g/mol. The van der Waals surface area contributed by atoms with E-state index in [0.717, 1.165) is 30.0 Å². The van der Waals surface area contributed by atoms with Gasteiger partial charge in [0.05, 0.1) is 5.92 Å². The molecule has 2 amide bonds. The van der Waals surface area contributed by atoms with Gasteiger partial charge in [-0.3, -0.25) is 9.59 Å². The van der Waals surface area contributed by atoms with Gasteiger partial charge in [-0.1, -0.05) is 0 Å². The molecular formula is C23H27N3O4. The molecule has 0 atom stereocenters. The van der Waals surface area contributed by atoms with Crippen molar-refractivity contribution in [2.24, 2.45) is 5.92 Å². The van der Waals surface area contributed by atoms with E-state index < -0.39 is 0 Å². The fourth-order valence-corrected chi connectivity index (χ4v) is 3.83. The molecule has 2 aromatic carbocycles. The highest BCUT2D eigenvalue weighted by Crippen LogP contribution is 2.33. The predicted octanol–water partition coefficient (Wildman–Crippen LogP) is 3.28. The van der Waals surface area contributed by atoms with Crippen LogP contribution in [-0.2, 0) is 4.79 Å². The van der Waals surface area contributed by atoms with Crippen LogP contribution in [0.1, 0.15) is 29.8 Å². The Morgan fingerprint density at radius 3 is 2.50 bits per heavy atom. The molecule has 0 unspecified atom stereocenters. The minimum atomic E-state index is -0.204. The zero-order valence-corrected chi connectivity index (χ0v) is 17.6. The van der Waals surface area contributed by atoms with Crippen molar-refractivity contribution in [3.05, 3.63) is 47.5 Å². The van der Waals surface area contributed by atoms with Gasteiger partial charge >= 0.3 is 0 Å². The number of likely N-dealkylation sites (tertiary alicyclic amines) is 1. The molecule has 2 aliphatic heterocycles. The van der Waals surface area contributed by atoms with Crippen molar-refractivity contribution in [1.29, 1.82) is 0 Å². The van der Waals surface area contributed by atoms with Gasteiger partial charge in [0.25, 0.3) is 5.91 Å². The Morgan fingerprint density at radius 1 is 1.07 bits per heavy atom. The monoisotopic (exact) mass is 409 g/mol. The highest BCUT2D eigenvalue weighted by atomic mass is 16.7. The first kappa shape index (κ1) is 20.1. The molecule has 7 nitrogen and oxygen atoms in total. The molecule has 158 valence electrons. The second-order valence-corrected chi connectivity index (χ2v) is 7.64. The minimum absolute atomic E-state index is 0.0524. The number of fused-ring (bicyclic) bond motifs is 1. The van der Waals surface area contributed by atoms with Gasteiger partial charge in [-0.15, -0.1) is 0 Å². The van der Waals surface area contributed by atoms with Crippen LogP contribution in [-0.4, -0.2) is 49.7 Å². The van der Waals surface area contributed by atoms with Gasteiger partial charge in [-0.05, 0) is 62.7 Å². The summed E-state index contributed by atoms with van der Waals surface area (Å²) < 4.78 is 10.6. The third-order valence-corrected chi connectivity index (χ3v) is 5.76. The van der Waals surface area contributed by atoms with E-state index in [1.54, 1.807) is 23.1 Å². The zero-order chi connectivity index (χ0) is 21.3. The van der Waals surface area contributed by atoms with Crippen molar-refractivity contribution in [1.82, 2.24) is 4.90 Å². The lowest BCUT2D eigenvalue weighted by molar-refractivity contribution is -0.123. The molecule has 1 saturated heterocycles. The number of amides is 2. The number of carbonyl (C=O) groups excluding carboxylic acids is 2. The lowest BCUT2D eigenvalue weighted by atomic mass is 9.97. The van der Waals surface area contributed by atoms with Crippen LogP contribution in [0, 0.1) is 12.8 Å². The summed E-state index contributed by atoms with van der Waals surface area (Å²) in [7, 11) is 0. The third kappa shape index (κ3) is 3.79. The number of hydrogen-bond acceptors (Lipinski definition) is 5. The van der Waals surface area contributed by atoms with Gasteiger partial charge in [0, 0.05) is 43.1 Å². The Hall–Kier alpha value is -3.22. The quantitative estimate of drug-likeness (QED) is 0.793. The topological polar surface area (TPSA) is 71.1 Å². The summed E-state index contributed by atoms with van der Waals surface area (Å²) in [5.74, 6) is 0.874. The van der Waals surface area contributed by atoms with Crippen molar-refractivity contribution < 1.29 is 19.1 Å². The first-order valence-corrected chi connectivity index (χ1v) is 10.4. The van der Waals surface area contributed by atoms with Crippen LogP contribution in [0.25, 0.3) is 0 Å². The van der Waals surface area contributed by atoms with Crippen LogP contribution in [0.3, 0.4) is 0 Å². The lowest BCUT2D eigenvalue weighted by Gasteiger charge is -2.38. The summed E-state index contributed by atoms with van der Waals surface area (Å²) in [4.78, 5) is 29.2. The number of benzene rings is 2. The molecule has 30 heavy (non-hydrogen) atoms. The number of rotatable bonds is 6. The van der Waals surface area contributed by atoms with Crippen molar-refractivity contribution in [3.63, 3.8) is 0 Å². The van der Waals surface area contributed by atoms with Gasteiger partial charge in [0.15, 0.2) is 11.5 Å². The van der Waals surface area contributed by atoms with E-state index in [4.69, 9.17) is 9.47 Å². The highest BCUT2D eigenvalue weighted by molar-refractivity contribution is 5.99. The lowest BCUT2D eigenvalue weighted by Crippen LogP contribution is -2.54. The molecule has 0 saturated carbocycles. The molecule has 0 aliphatic carbocycles. The number of hydrogen-bond donors (Lipinski definition) is 1. The molecule has 0 spiro atoms. The van der Waals surface area contributed by atoms with Crippen molar-refractivity contribution in [2.75, 3.05) is 43.2 Å². The predicted molar refractivity (Wildman–Crippen MR) is 115 cm³/mol. The van der Waals surface area contributed by atoms with Crippen LogP contribution in [0.2, 0.25) is 0 Å². The molecule has 7 heteroatoms. The van der Waals surface area contributed by atoms with Crippen LogP contribution in [0.15, 0.2) is 36.4 Å². The Morgan fingerprint density at radius 2 is 1.80 bits per heavy atom. The molecule has 2 aliphatic rings. The largest absolute Gasteiger partial charge is 0.454 e. The van der Waals surface area contributed by atoms with Crippen molar-refractivity contribution >= 4 is 23.2 Å². The molecule has 0 radical (unpaired) electrons. The summed E-state index contributed by atoms with van der Waals surface area (Å²) in [5, 5.41) is 3.02. The molecule has 1 fully saturated rings.